The van der Waals surface area contributed by atoms with Gasteiger partial charge in [-0.05, 0) is 57.4 Å². The number of aromatic nitrogens is 5. The standard InChI is InChI=1S/C27H33FN8O2/c28-26(4-3-5-26)15-36-21-10-19(29-11-18(21)23(33-36)34-13-25(14-34)16-38-17-25)22-20(12-30-32-22)31-24(37)35-9-2-1-6-27(35)7-8-27/h10-12H,1-9,13-17H2,(H,30,32)(H,31,37). The van der Waals surface area contributed by atoms with Crippen LogP contribution in [-0.4, -0.2) is 79.9 Å². The molecule has 0 aromatic carbocycles. The number of nitrogens with zero attached hydrogens (tertiary/aromatic N) is 6. The number of nitrogens with one attached hydrogen (secondary N) is 2. The lowest BCUT2D eigenvalue weighted by atomic mass is 9.78. The van der Waals surface area contributed by atoms with Gasteiger partial charge >= 0.3 is 6.03 Å². The van der Waals surface area contributed by atoms with Crippen LogP contribution in [-0.2, 0) is 11.3 Å². The molecule has 3 saturated heterocycles. The molecule has 2 amide bonds. The second-order valence-corrected chi connectivity index (χ2v) is 12.3. The van der Waals surface area contributed by atoms with Gasteiger partial charge in [-0.15, -0.1) is 0 Å². The van der Waals surface area contributed by atoms with Crippen LogP contribution in [0.5, 0.6) is 0 Å². The van der Waals surface area contributed by atoms with Crippen molar-refractivity contribution in [2.45, 2.75) is 69.1 Å². The zero-order valence-electron chi connectivity index (χ0n) is 21.5. The first-order chi connectivity index (χ1) is 18.5. The second-order valence-electron chi connectivity index (χ2n) is 12.3. The number of carbonyl (C=O) groups is 1. The molecule has 8 rings (SSSR count). The van der Waals surface area contributed by atoms with E-state index in [0.717, 1.165) is 81.7 Å². The molecule has 6 heterocycles. The number of hydrogen-bond donors (Lipinski definition) is 2. The van der Waals surface area contributed by atoms with Gasteiger partial charge < -0.3 is 19.9 Å². The van der Waals surface area contributed by atoms with Gasteiger partial charge in [0, 0.05) is 31.4 Å². The molecular weight excluding hydrogens is 487 g/mol. The van der Waals surface area contributed by atoms with Gasteiger partial charge in [0.2, 0.25) is 0 Å². The van der Waals surface area contributed by atoms with Crippen LogP contribution in [0, 0.1) is 5.41 Å². The van der Waals surface area contributed by atoms with Gasteiger partial charge in [0.15, 0.2) is 5.82 Å². The van der Waals surface area contributed by atoms with E-state index in [0.29, 0.717) is 29.9 Å². The monoisotopic (exact) mass is 520 g/mol. The van der Waals surface area contributed by atoms with Crippen molar-refractivity contribution in [3.8, 4) is 11.4 Å². The summed E-state index contributed by atoms with van der Waals surface area (Å²) in [7, 11) is 0. The van der Waals surface area contributed by atoms with Crippen LogP contribution in [0.25, 0.3) is 22.3 Å². The third-order valence-corrected chi connectivity index (χ3v) is 9.52. The highest BCUT2D eigenvalue weighted by Gasteiger charge is 2.51. The number of alkyl halides is 1. The van der Waals surface area contributed by atoms with E-state index in [2.05, 4.69) is 20.4 Å². The molecule has 0 atom stereocenters. The number of amides is 2. The third-order valence-electron chi connectivity index (χ3n) is 9.52. The molecular formula is C27H33FN8O2. The van der Waals surface area contributed by atoms with E-state index in [4.69, 9.17) is 14.8 Å². The number of urea groups is 1. The van der Waals surface area contributed by atoms with Crippen molar-refractivity contribution in [3.05, 3.63) is 18.5 Å². The molecule has 2 spiro atoms. The highest BCUT2D eigenvalue weighted by atomic mass is 19.1. The number of H-pyrrole nitrogens is 1. The zero-order chi connectivity index (χ0) is 25.5. The summed E-state index contributed by atoms with van der Waals surface area (Å²) in [6.07, 6.45) is 11.0. The molecule has 3 aliphatic heterocycles. The van der Waals surface area contributed by atoms with E-state index < -0.39 is 5.67 Å². The normalized spacial score (nSPS) is 24.2. The van der Waals surface area contributed by atoms with E-state index in [9.17, 15) is 4.79 Å². The van der Waals surface area contributed by atoms with Gasteiger partial charge in [0.1, 0.15) is 11.4 Å². The molecule has 2 saturated carbocycles. The number of carbonyl (C=O) groups excluding carboxylic acids is 1. The molecule has 0 bridgehead atoms. The topological polar surface area (TPSA) is 104 Å². The highest BCUT2D eigenvalue weighted by molar-refractivity contribution is 5.96. The van der Waals surface area contributed by atoms with Gasteiger partial charge in [-0.25, -0.2) is 9.18 Å². The predicted molar refractivity (Wildman–Crippen MR) is 140 cm³/mol. The number of aromatic amines is 1. The number of piperidine rings is 1. The summed E-state index contributed by atoms with van der Waals surface area (Å²) in [5.74, 6) is 0.859. The first-order valence-corrected chi connectivity index (χ1v) is 14.0. The van der Waals surface area contributed by atoms with Crippen molar-refractivity contribution in [1.82, 2.24) is 29.9 Å². The Morgan fingerprint density at radius 2 is 1.95 bits per heavy atom. The largest absolute Gasteiger partial charge is 0.380 e. The number of rotatable bonds is 5. The quantitative estimate of drug-likeness (QED) is 0.525. The minimum atomic E-state index is -1.21. The highest BCUT2D eigenvalue weighted by Crippen LogP contribution is 2.49. The second kappa shape index (κ2) is 7.91. The Labute approximate surface area is 219 Å². The maximum absolute atomic E-state index is 15.3. The summed E-state index contributed by atoms with van der Waals surface area (Å²) in [6.45, 7) is 4.42. The van der Waals surface area contributed by atoms with Gasteiger partial charge in [-0.3, -0.25) is 14.8 Å². The summed E-state index contributed by atoms with van der Waals surface area (Å²) in [5, 5.41) is 16.1. The predicted octanol–water partition coefficient (Wildman–Crippen LogP) is 4.10. The number of halogens is 1. The summed E-state index contributed by atoms with van der Waals surface area (Å²) in [4.78, 5) is 22.3. The average Bonchev–Trinajstić information content (AvgIpc) is 3.29. The van der Waals surface area contributed by atoms with Crippen molar-refractivity contribution >= 4 is 28.4 Å². The molecule has 5 aliphatic rings. The van der Waals surface area contributed by atoms with Crippen LogP contribution in [0.2, 0.25) is 0 Å². The average molecular weight is 521 g/mol. The molecule has 2 aliphatic carbocycles. The van der Waals surface area contributed by atoms with Gasteiger partial charge in [-0.2, -0.15) is 10.2 Å². The number of likely N-dealkylation sites (tertiary alicyclic amines) is 1. The lowest BCUT2D eigenvalue weighted by molar-refractivity contribution is -0.127. The first-order valence-electron chi connectivity index (χ1n) is 14.0. The Morgan fingerprint density at radius 1 is 1.11 bits per heavy atom. The van der Waals surface area contributed by atoms with Crippen molar-refractivity contribution < 1.29 is 13.9 Å². The summed E-state index contributed by atoms with van der Waals surface area (Å²) >= 11 is 0. The zero-order valence-corrected chi connectivity index (χ0v) is 21.5. The fourth-order valence-corrected chi connectivity index (χ4v) is 6.85. The van der Waals surface area contributed by atoms with E-state index in [-0.39, 0.29) is 23.5 Å². The van der Waals surface area contributed by atoms with Crippen LogP contribution in [0.3, 0.4) is 0 Å². The molecule has 38 heavy (non-hydrogen) atoms. The lowest BCUT2D eigenvalue weighted by Crippen LogP contribution is -2.66. The number of anilines is 2. The Morgan fingerprint density at radius 3 is 2.66 bits per heavy atom. The van der Waals surface area contributed by atoms with Crippen molar-refractivity contribution in [3.63, 3.8) is 0 Å². The minimum Gasteiger partial charge on any atom is -0.380 e. The Balaban J connectivity index is 1.11. The van der Waals surface area contributed by atoms with E-state index in [1.54, 1.807) is 6.20 Å². The molecule has 3 aromatic rings. The fourth-order valence-electron chi connectivity index (χ4n) is 6.85. The van der Waals surface area contributed by atoms with Gasteiger partial charge in [0.05, 0.1) is 53.7 Å². The van der Waals surface area contributed by atoms with Crippen LogP contribution in [0.1, 0.15) is 51.4 Å². The van der Waals surface area contributed by atoms with Gasteiger partial charge in [-0.1, -0.05) is 0 Å². The molecule has 2 N–H and O–H groups in total. The van der Waals surface area contributed by atoms with Crippen molar-refractivity contribution in [2.75, 3.05) is 43.1 Å². The summed E-state index contributed by atoms with van der Waals surface area (Å²) in [6, 6.07) is 1.87. The van der Waals surface area contributed by atoms with Crippen LogP contribution < -0.4 is 10.2 Å². The van der Waals surface area contributed by atoms with Crippen LogP contribution >= 0.6 is 0 Å². The Hall–Kier alpha value is -3.21. The molecule has 10 nitrogen and oxygen atoms in total. The van der Waals surface area contributed by atoms with E-state index in [1.807, 2.05) is 21.8 Å². The fraction of sp³-hybridized carbons (Fsp3) is 0.630. The van der Waals surface area contributed by atoms with Crippen LogP contribution in [0.15, 0.2) is 18.5 Å². The lowest BCUT2D eigenvalue weighted by Gasteiger charge is -2.55. The molecule has 0 unspecified atom stereocenters. The van der Waals surface area contributed by atoms with E-state index in [1.165, 1.54) is 6.42 Å². The molecule has 0 radical (unpaired) electrons. The number of pyridine rings is 1. The molecule has 5 fully saturated rings. The number of ether oxygens (including phenoxy) is 1. The Bertz CT molecular complexity index is 1410. The SMILES string of the molecule is O=C(Nc1cn[nH]c1-c1cc2c(cn1)c(N1CC3(COC3)C1)nn2CC1(F)CCC1)N1CCCCC12CC2. The molecule has 11 heteroatoms. The summed E-state index contributed by atoms with van der Waals surface area (Å²) in [5.41, 5.74) is 1.82. The summed E-state index contributed by atoms with van der Waals surface area (Å²) < 4.78 is 22.5. The third kappa shape index (κ3) is 3.47. The maximum atomic E-state index is 15.3. The first kappa shape index (κ1) is 22.7. The van der Waals surface area contributed by atoms with Gasteiger partial charge in [0.25, 0.3) is 0 Å². The molecule has 200 valence electrons. The number of hydrogen-bond acceptors (Lipinski definition) is 6. The molecule has 3 aromatic heterocycles. The van der Waals surface area contributed by atoms with E-state index >= 15 is 4.39 Å². The van der Waals surface area contributed by atoms with Crippen molar-refractivity contribution in [1.29, 1.82) is 0 Å². The Kier molecular flexibility index (Phi) is 4.73. The van der Waals surface area contributed by atoms with Crippen LogP contribution in [0.4, 0.5) is 20.7 Å². The minimum absolute atomic E-state index is 0.0528. The van der Waals surface area contributed by atoms with Crippen molar-refractivity contribution in [2.24, 2.45) is 5.41 Å². The smallest absolute Gasteiger partial charge is 0.322 e. The number of fused-ring (bicyclic) bond motifs is 1. The maximum Gasteiger partial charge on any atom is 0.322 e.